The number of hydrogen-bond acceptors (Lipinski definition) is 9. The Bertz CT molecular complexity index is 1270. The van der Waals surface area contributed by atoms with Gasteiger partial charge in [0.25, 0.3) is 5.91 Å². The van der Waals surface area contributed by atoms with Gasteiger partial charge in [-0.05, 0) is 37.3 Å². The van der Waals surface area contributed by atoms with Crippen LogP contribution in [0.4, 0.5) is 0 Å². The van der Waals surface area contributed by atoms with Gasteiger partial charge in [-0.3, -0.25) is 14.4 Å². The molecule has 1 saturated carbocycles. The lowest BCUT2D eigenvalue weighted by Crippen LogP contribution is -2.62. The van der Waals surface area contributed by atoms with Crippen molar-refractivity contribution in [2.24, 2.45) is 5.92 Å². The molecule has 0 radical (unpaired) electrons. The zero-order valence-corrected chi connectivity index (χ0v) is 25.9. The van der Waals surface area contributed by atoms with Gasteiger partial charge in [0.2, 0.25) is 11.8 Å². The minimum Gasteiger partial charge on any atom is -0.394 e. The molecule has 6 atom stereocenters. The third-order valence-corrected chi connectivity index (χ3v) is 8.65. The first-order valence-electron chi connectivity index (χ1n) is 15.3. The molecular formula is C30H43ClN6O7. The molecule has 1 aliphatic heterocycles. The summed E-state index contributed by atoms with van der Waals surface area (Å²) < 4.78 is 7.09. The Morgan fingerprint density at radius 3 is 2.55 bits per heavy atom. The quantitative estimate of drug-likeness (QED) is 0.217. The van der Waals surface area contributed by atoms with Crippen molar-refractivity contribution in [3.63, 3.8) is 0 Å². The van der Waals surface area contributed by atoms with Crippen LogP contribution in [-0.2, 0) is 20.9 Å². The number of nitrogens with one attached hydrogen (secondary N) is 2. The highest BCUT2D eigenvalue weighted by Crippen LogP contribution is 2.32. The number of aromatic nitrogens is 3. The van der Waals surface area contributed by atoms with Crippen molar-refractivity contribution < 1.29 is 34.4 Å². The molecule has 13 nitrogen and oxygen atoms in total. The van der Waals surface area contributed by atoms with E-state index in [2.05, 4.69) is 20.9 Å². The number of carbonyl (C=O) groups is 3. The number of aliphatic hydroxyl groups is 3. The lowest BCUT2D eigenvalue weighted by molar-refractivity contribution is -0.219. The Kier molecular flexibility index (Phi) is 12.1. The third kappa shape index (κ3) is 7.94. The molecule has 14 heteroatoms. The largest absolute Gasteiger partial charge is 0.394 e. The number of ether oxygens (including phenoxy) is 1. The van der Waals surface area contributed by atoms with E-state index >= 15 is 0 Å². The molecule has 0 spiro atoms. The molecule has 6 unspecified atom stereocenters. The first kappa shape index (κ1) is 33.8. The number of amides is 3. The third-order valence-electron chi connectivity index (χ3n) is 8.32. The predicted octanol–water partition coefficient (Wildman–Crippen LogP) is 1.56. The smallest absolute Gasteiger partial charge is 0.256 e. The zero-order valence-electron chi connectivity index (χ0n) is 25.1. The monoisotopic (exact) mass is 634 g/mol. The topological polar surface area (TPSA) is 179 Å². The van der Waals surface area contributed by atoms with Crippen LogP contribution in [-0.4, -0.2) is 96.5 Å². The summed E-state index contributed by atoms with van der Waals surface area (Å²) >= 11 is 6.46. The summed E-state index contributed by atoms with van der Waals surface area (Å²) in [5, 5.41) is 45.1. The Labute approximate surface area is 261 Å². The summed E-state index contributed by atoms with van der Waals surface area (Å²) in [4.78, 5) is 41.4. The number of rotatable bonds is 12. The fourth-order valence-corrected chi connectivity index (χ4v) is 6.25. The highest BCUT2D eigenvalue weighted by molar-refractivity contribution is 6.33. The molecule has 1 aromatic heterocycles. The molecule has 4 rings (SSSR count). The lowest BCUT2D eigenvalue weighted by Gasteiger charge is -2.42. The van der Waals surface area contributed by atoms with Crippen molar-refractivity contribution in [1.82, 2.24) is 30.5 Å². The van der Waals surface area contributed by atoms with Crippen molar-refractivity contribution in [3.8, 4) is 0 Å². The van der Waals surface area contributed by atoms with Crippen LogP contribution in [0.15, 0.2) is 30.5 Å². The first-order chi connectivity index (χ1) is 21.2. The summed E-state index contributed by atoms with van der Waals surface area (Å²) in [6, 6.07) is 4.79. The fourth-order valence-electron chi connectivity index (χ4n) is 6.04. The van der Waals surface area contributed by atoms with E-state index in [-0.39, 0.29) is 29.0 Å². The average Bonchev–Trinajstić information content (AvgIpc) is 3.48. The van der Waals surface area contributed by atoms with E-state index in [1.165, 1.54) is 22.7 Å². The van der Waals surface area contributed by atoms with Crippen molar-refractivity contribution in [2.45, 2.75) is 102 Å². The van der Waals surface area contributed by atoms with Gasteiger partial charge in [-0.15, -0.1) is 5.10 Å². The molecule has 1 aliphatic carbocycles. The first-order valence-corrected chi connectivity index (χ1v) is 15.7. The molecule has 2 heterocycles. The van der Waals surface area contributed by atoms with Crippen molar-refractivity contribution in [2.75, 3.05) is 13.2 Å². The number of aliphatic hydroxyl groups excluding tert-OH is 3. The Morgan fingerprint density at radius 1 is 1.16 bits per heavy atom. The van der Waals surface area contributed by atoms with Gasteiger partial charge in [0, 0.05) is 13.5 Å². The maximum Gasteiger partial charge on any atom is 0.256 e. The number of benzene rings is 1. The Morgan fingerprint density at radius 2 is 1.89 bits per heavy atom. The van der Waals surface area contributed by atoms with Gasteiger partial charge < -0.3 is 35.6 Å². The summed E-state index contributed by atoms with van der Waals surface area (Å²) in [5.41, 5.74) is 0.576. The molecule has 1 saturated heterocycles. The summed E-state index contributed by atoms with van der Waals surface area (Å²) in [6.07, 6.45) is 2.58. The normalized spacial score (nSPS) is 24.8. The standard InChI is InChI=1S/C30H43ClN6O7/c1-3-4-14-32-28(42)25(19-10-6-5-7-11-19)36(29(43)21-12-8-9-13-22(21)31)15-20-16-37(35-34-20)30-24(33-18(2)39)27(41)26(40)23(17-38)44-30/h8-9,12-13,16,19,23-27,30,38,40-41H,3-7,10-11,14-15,17H2,1-2H3,(H,32,42)(H,33,39). The van der Waals surface area contributed by atoms with E-state index in [1.807, 2.05) is 6.92 Å². The predicted molar refractivity (Wildman–Crippen MR) is 160 cm³/mol. The van der Waals surface area contributed by atoms with E-state index in [9.17, 15) is 29.7 Å². The number of nitrogens with zero attached hydrogens (tertiary/aromatic N) is 4. The molecule has 2 fully saturated rings. The maximum atomic E-state index is 14.2. The lowest BCUT2D eigenvalue weighted by atomic mass is 9.82. The van der Waals surface area contributed by atoms with Gasteiger partial charge in [-0.1, -0.05) is 61.6 Å². The van der Waals surface area contributed by atoms with E-state index in [0.29, 0.717) is 12.2 Å². The second-order valence-corrected chi connectivity index (χ2v) is 12.0. The highest BCUT2D eigenvalue weighted by Gasteiger charge is 2.46. The molecule has 5 N–H and O–H groups in total. The van der Waals surface area contributed by atoms with E-state index in [4.69, 9.17) is 16.3 Å². The second kappa shape index (κ2) is 15.8. The van der Waals surface area contributed by atoms with Gasteiger partial charge in [-0.2, -0.15) is 0 Å². The molecule has 3 amide bonds. The Balaban J connectivity index is 1.70. The molecule has 1 aromatic carbocycles. The summed E-state index contributed by atoms with van der Waals surface area (Å²) in [7, 11) is 0. The molecule has 242 valence electrons. The van der Waals surface area contributed by atoms with Crippen LogP contribution in [0.1, 0.15) is 81.1 Å². The van der Waals surface area contributed by atoms with Crippen LogP contribution >= 0.6 is 11.6 Å². The maximum absolute atomic E-state index is 14.2. The van der Waals surface area contributed by atoms with Crippen LogP contribution in [0, 0.1) is 5.92 Å². The molecule has 0 bridgehead atoms. The average molecular weight is 635 g/mol. The van der Waals surface area contributed by atoms with Crippen LogP contribution in [0.3, 0.4) is 0 Å². The number of unbranched alkanes of at least 4 members (excludes halogenated alkanes) is 1. The van der Waals surface area contributed by atoms with Gasteiger partial charge in [0.1, 0.15) is 36.1 Å². The highest BCUT2D eigenvalue weighted by atomic mass is 35.5. The fraction of sp³-hybridized carbons (Fsp3) is 0.633. The van der Waals surface area contributed by atoms with Crippen molar-refractivity contribution >= 4 is 29.3 Å². The number of carbonyl (C=O) groups excluding carboxylic acids is 3. The summed E-state index contributed by atoms with van der Waals surface area (Å²) in [5.74, 6) is -1.20. The molecular weight excluding hydrogens is 592 g/mol. The van der Waals surface area contributed by atoms with Gasteiger partial charge in [-0.25, -0.2) is 4.68 Å². The van der Waals surface area contributed by atoms with Crippen LogP contribution in [0.5, 0.6) is 0 Å². The van der Waals surface area contributed by atoms with Crippen molar-refractivity contribution in [3.05, 3.63) is 46.7 Å². The van der Waals surface area contributed by atoms with Crippen molar-refractivity contribution in [1.29, 1.82) is 0 Å². The number of halogens is 1. The van der Waals surface area contributed by atoms with Crippen LogP contribution < -0.4 is 10.6 Å². The molecule has 44 heavy (non-hydrogen) atoms. The van der Waals surface area contributed by atoms with E-state index < -0.39 is 55.0 Å². The zero-order chi connectivity index (χ0) is 31.8. The molecule has 2 aliphatic rings. The minimum absolute atomic E-state index is 0.0698. The van der Waals surface area contributed by atoms with Gasteiger partial charge in [0.05, 0.1) is 29.9 Å². The Hall–Kier alpha value is -3.10. The summed E-state index contributed by atoms with van der Waals surface area (Å²) in [6.45, 7) is 3.12. The number of hydrogen-bond donors (Lipinski definition) is 5. The van der Waals surface area contributed by atoms with Crippen LogP contribution in [0.25, 0.3) is 0 Å². The molecule has 2 aromatic rings. The minimum atomic E-state index is -1.47. The van der Waals surface area contributed by atoms with Crippen LogP contribution in [0.2, 0.25) is 5.02 Å². The SMILES string of the molecule is CCCCNC(=O)C(C1CCCCC1)N(Cc1cn(C2OC(CO)C(O)C(O)C2NC(C)=O)nn1)C(=O)c1ccccc1Cl. The second-order valence-electron chi connectivity index (χ2n) is 11.5. The van der Waals surface area contributed by atoms with E-state index in [1.54, 1.807) is 24.3 Å². The van der Waals surface area contributed by atoms with E-state index in [0.717, 1.165) is 44.9 Å². The van der Waals surface area contributed by atoms with Gasteiger partial charge >= 0.3 is 0 Å². The van der Waals surface area contributed by atoms with Gasteiger partial charge in [0.15, 0.2) is 6.23 Å².